The maximum atomic E-state index is 12.1. The fraction of sp³-hybridized carbons (Fsp3) is 0.500. The zero-order valence-corrected chi connectivity index (χ0v) is 15.6. The monoisotopic (exact) mass is 366 g/mol. The molecular weight excluding hydrogens is 340 g/mol. The topological polar surface area (TPSA) is 103 Å². The lowest BCUT2D eigenvalue weighted by molar-refractivity contribution is -0.147. The highest BCUT2D eigenvalue weighted by Gasteiger charge is 2.13. The number of carbonyl (C=O) groups excluding carboxylic acids is 3. The van der Waals surface area contributed by atoms with Gasteiger partial charge in [-0.3, -0.25) is 14.4 Å². The first kappa shape index (κ1) is 21.3. The Hall–Kier alpha value is -2.77. The van der Waals surface area contributed by atoms with Gasteiger partial charge < -0.3 is 24.8 Å². The molecule has 8 nitrogen and oxygen atoms in total. The summed E-state index contributed by atoms with van der Waals surface area (Å²) in [5, 5.41) is 5.15. The molecule has 1 rings (SSSR count). The van der Waals surface area contributed by atoms with Crippen LogP contribution in [0.2, 0.25) is 0 Å². The molecule has 26 heavy (non-hydrogen) atoms. The first-order valence-corrected chi connectivity index (χ1v) is 8.35. The molecule has 0 aliphatic carbocycles. The van der Waals surface area contributed by atoms with E-state index < -0.39 is 11.9 Å². The van der Waals surface area contributed by atoms with Crippen LogP contribution in [0.5, 0.6) is 11.5 Å². The zero-order chi connectivity index (χ0) is 19.5. The van der Waals surface area contributed by atoms with E-state index in [-0.39, 0.29) is 30.7 Å². The van der Waals surface area contributed by atoms with E-state index in [1.165, 1.54) is 26.4 Å². The van der Waals surface area contributed by atoms with Crippen molar-refractivity contribution in [2.45, 2.75) is 32.7 Å². The summed E-state index contributed by atoms with van der Waals surface area (Å²) in [5.74, 6) is -0.653. The van der Waals surface area contributed by atoms with Gasteiger partial charge in [0.1, 0.15) is 18.0 Å². The van der Waals surface area contributed by atoms with E-state index >= 15 is 0 Å². The lowest BCUT2D eigenvalue weighted by atomic mass is 10.2. The van der Waals surface area contributed by atoms with Gasteiger partial charge in [0, 0.05) is 17.7 Å². The van der Waals surface area contributed by atoms with Crippen LogP contribution >= 0.6 is 0 Å². The van der Waals surface area contributed by atoms with Crippen LogP contribution in [0.15, 0.2) is 18.2 Å². The summed E-state index contributed by atoms with van der Waals surface area (Å²) in [6.45, 7) is 3.17. The molecule has 2 N–H and O–H groups in total. The van der Waals surface area contributed by atoms with E-state index in [9.17, 15) is 14.4 Å². The van der Waals surface area contributed by atoms with Crippen molar-refractivity contribution in [1.82, 2.24) is 10.6 Å². The molecule has 8 heteroatoms. The van der Waals surface area contributed by atoms with Crippen molar-refractivity contribution < 1.29 is 28.6 Å². The molecule has 144 valence electrons. The summed E-state index contributed by atoms with van der Waals surface area (Å²) in [6.07, 6.45) is 1.79. The number of esters is 1. The maximum Gasteiger partial charge on any atom is 0.325 e. The molecule has 0 spiro atoms. The second kappa shape index (κ2) is 11.0. The van der Waals surface area contributed by atoms with Crippen LogP contribution in [-0.2, 0) is 14.3 Å². The van der Waals surface area contributed by atoms with Gasteiger partial charge >= 0.3 is 5.97 Å². The van der Waals surface area contributed by atoms with Crippen LogP contribution in [-0.4, -0.2) is 51.2 Å². The molecule has 0 aromatic heterocycles. The van der Waals surface area contributed by atoms with Crippen LogP contribution in [0.1, 0.15) is 37.0 Å². The molecule has 0 aliphatic heterocycles. The summed E-state index contributed by atoms with van der Waals surface area (Å²) < 4.78 is 15.0. The molecule has 0 fully saturated rings. The Balaban J connectivity index is 2.45. The molecule has 0 aliphatic rings. The quantitative estimate of drug-likeness (QED) is 0.605. The van der Waals surface area contributed by atoms with Crippen molar-refractivity contribution in [3.8, 4) is 11.5 Å². The van der Waals surface area contributed by atoms with E-state index in [4.69, 9.17) is 14.2 Å². The summed E-state index contributed by atoms with van der Waals surface area (Å²) in [7, 11) is 2.94. The summed E-state index contributed by atoms with van der Waals surface area (Å²) in [5.41, 5.74) is 0.278. The third kappa shape index (κ3) is 7.42. The van der Waals surface area contributed by atoms with Gasteiger partial charge in [-0.05, 0) is 25.5 Å². The van der Waals surface area contributed by atoms with Crippen LogP contribution in [0.25, 0.3) is 0 Å². The standard InChI is InChI=1S/C18H26N2O6/c1-5-6-12(2)20-16(21)11-26-17(22)10-19-18(23)13-7-14(24-3)9-15(8-13)25-4/h7-9,12H,5-6,10-11H2,1-4H3,(H,19,23)(H,20,21)/t12-/m1/s1. The smallest absolute Gasteiger partial charge is 0.325 e. The highest BCUT2D eigenvalue weighted by Crippen LogP contribution is 2.22. The molecule has 1 atom stereocenters. The molecule has 0 saturated heterocycles. The lowest BCUT2D eigenvalue weighted by Crippen LogP contribution is -2.37. The molecule has 1 aromatic rings. The predicted octanol–water partition coefficient (Wildman–Crippen LogP) is 1.28. The molecule has 1 aromatic carbocycles. The third-order valence-corrected chi connectivity index (χ3v) is 3.50. The Morgan fingerprint density at radius 1 is 1.08 bits per heavy atom. The average Bonchev–Trinajstić information content (AvgIpc) is 2.63. The first-order valence-electron chi connectivity index (χ1n) is 8.35. The summed E-state index contributed by atoms with van der Waals surface area (Å²) >= 11 is 0. The minimum atomic E-state index is -0.702. The molecule has 0 saturated carbocycles. The number of carbonyl (C=O) groups is 3. The van der Waals surface area contributed by atoms with Crippen molar-refractivity contribution in [2.24, 2.45) is 0 Å². The van der Waals surface area contributed by atoms with Gasteiger partial charge in [0.25, 0.3) is 11.8 Å². The minimum absolute atomic E-state index is 0.0222. The van der Waals surface area contributed by atoms with Gasteiger partial charge in [0.2, 0.25) is 0 Å². The third-order valence-electron chi connectivity index (χ3n) is 3.50. The van der Waals surface area contributed by atoms with Gasteiger partial charge in [-0.15, -0.1) is 0 Å². The Morgan fingerprint density at radius 2 is 1.69 bits per heavy atom. The Bertz CT molecular complexity index is 610. The number of amides is 2. The second-order valence-electron chi connectivity index (χ2n) is 5.70. The lowest BCUT2D eigenvalue weighted by Gasteiger charge is -2.13. The molecule has 0 heterocycles. The Morgan fingerprint density at radius 3 is 2.23 bits per heavy atom. The van der Waals surface area contributed by atoms with E-state index in [1.54, 1.807) is 6.07 Å². The number of hydrogen-bond donors (Lipinski definition) is 2. The normalized spacial score (nSPS) is 11.2. The zero-order valence-electron chi connectivity index (χ0n) is 15.6. The van der Waals surface area contributed by atoms with Gasteiger partial charge in [-0.25, -0.2) is 0 Å². The van der Waals surface area contributed by atoms with Crippen molar-refractivity contribution in [3.05, 3.63) is 23.8 Å². The number of hydrogen-bond acceptors (Lipinski definition) is 6. The van der Waals surface area contributed by atoms with E-state index in [0.717, 1.165) is 12.8 Å². The Kier molecular flexibility index (Phi) is 8.97. The largest absolute Gasteiger partial charge is 0.497 e. The fourth-order valence-electron chi connectivity index (χ4n) is 2.21. The number of methoxy groups -OCH3 is 2. The van der Waals surface area contributed by atoms with Gasteiger partial charge in [0.15, 0.2) is 6.61 Å². The highest BCUT2D eigenvalue weighted by molar-refractivity contribution is 5.96. The van der Waals surface area contributed by atoms with E-state index in [0.29, 0.717) is 11.5 Å². The SMILES string of the molecule is CCC[C@@H](C)NC(=O)COC(=O)CNC(=O)c1cc(OC)cc(OC)c1. The molecule has 0 unspecified atom stereocenters. The number of rotatable bonds is 10. The van der Waals surface area contributed by atoms with Gasteiger partial charge in [-0.1, -0.05) is 13.3 Å². The number of nitrogens with one attached hydrogen (secondary N) is 2. The van der Waals surface area contributed by atoms with Crippen molar-refractivity contribution in [1.29, 1.82) is 0 Å². The Labute approximate surface area is 153 Å². The van der Waals surface area contributed by atoms with Crippen LogP contribution in [0, 0.1) is 0 Å². The number of ether oxygens (including phenoxy) is 3. The molecular formula is C18H26N2O6. The summed E-state index contributed by atoms with van der Waals surface area (Å²) in [4.78, 5) is 35.4. The molecule has 0 bridgehead atoms. The highest BCUT2D eigenvalue weighted by atomic mass is 16.5. The minimum Gasteiger partial charge on any atom is -0.497 e. The molecule has 2 amide bonds. The molecule has 0 radical (unpaired) electrons. The van der Waals surface area contributed by atoms with Crippen molar-refractivity contribution >= 4 is 17.8 Å². The van der Waals surface area contributed by atoms with Crippen molar-refractivity contribution in [2.75, 3.05) is 27.4 Å². The van der Waals surface area contributed by atoms with Crippen LogP contribution in [0.4, 0.5) is 0 Å². The maximum absolute atomic E-state index is 12.1. The average molecular weight is 366 g/mol. The van der Waals surface area contributed by atoms with Crippen LogP contribution < -0.4 is 20.1 Å². The van der Waals surface area contributed by atoms with Gasteiger partial charge in [-0.2, -0.15) is 0 Å². The second-order valence-corrected chi connectivity index (χ2v) is 5.70. The first-order chi connectivity index (χ1) is 12.4. The van der Waals surface area contributed by atoms with E-state index in [2.05, 4.69) is 10.6 Å². The van der Waals surface area contributed by atoms with E-state index in [1.807, 2.05) is 13.8 Å². The number of benzene rings is 1. The van der Waals surface area contributed by atoms with Gasteiger partial charge in [0.05, 0.1) is 14.2 Å². The predicted molar refractivity (Wildman–Crippen MR) is 95.4 cm³/mol. The van der Waals surface area contributed by atoms with Crippen molar-refractivity contribution in [3.63, 3.8) is 0 Å². The fourth-order valence-corrected chi connectivity index (χ4v) is 2.21. The van der Waals surface area contributed by atoms with Crippen LogP contribution in [0.3, 0.4) is 0 Å². The summed E-state index contributed by atoms with van der Waals surface area (Å²) in [6, 6.07) is 4.69.